The zero-order valence-corrected chi connectivity index (χ0v) is 11.9. The van der Waals surface area contributed by atoms with Gasteiger partial charge in [0.05, 0.1) is 0 Å². The third kappa shape index (κ3) is 12.1. The van der Waals surface area contributed by atoms with Crippen molar-refractivity contribution in [3.63, 3.8) is 0 Å². The largest absolute Gasteiger partial charge is 0.616 e. The Morgan fingerprint density at radius 1 is 0.875 bits per heavy atom. The summed E-state index contributed by atoms with van der Waals surface area (Å²) < 4.78 is 11.1. The zero-order chi connectivity index (χ0) is 12.1. The van der Waals surface area contributed by atoms with Crippen LogP contribution in [-0.4, -0.2) is 16.1 Å². The number of allylic oxidation sites excluding steroid dienone is 1. The molecule has 0 aromatic heterocycles. The van der Waals surface area contributed by atoms with Crippen molar-refractivity contribution in [1.29, 1.82) is 0 Å². The number of unbranched alkanes of at least 4 members (excludes halogenated alkanes) is 7. The van der Waals surface area contributed by atoms with Crippen molar-refractivity contribution >= 4 is 11.2 Å². The van der Waals surface area contributed by atoms with E-state index in [9.17, 15) is 4.55 Å². The average Bonchev–Trinajstić information content (AvgIpc) is 2.31. The Morgan fingerprint density at radius 2 is 1.50 bits per heavy atom. The highest BCUT2D eigenvalue weighted by molar-refractivity contribution is 7.91. The summed E-state index contributed by atoms with van der Waals surface area (Å²) >= 11 is -0.626. The molecule has 1 nitrogen and oxygen atoms in total. The van der Waals surface area contributed by atoms with Crippen LogP contribution in [0.3, 0.4) is 0 Å². The van der Waals surface area contributed by atoms with Crippen molar-refractivity contribution in [1.82, 2.24) is 0 Å². The van der Waals surface area contributed by atoms with E-state index in [1.807, 2.05) is 6.92 Å². The van der Waals surface area contributed by atoms with Gasteiger partial charge >= 0.3 is 0 Å². The molecule has 0 aromatic rings. The van der Waals surface area contributed by atoms with E-state index in [0.717, 1.165) is 17.9 Å². The minimum atomic E-state index is -0.626. The van der Waals surface area contributed by atoms with E-state index in [-0.39, 0.29) is 0 Å². The third-order valence-corrected chi connectivity index (χ3v) is 3.95. The lowest BCUT2D eigenvalue weighted by Crippen LogP contribution is -2.05. The van der Waals surface area contributed by atoms with Gasteiger partial charge < -0.3 is 4.55 Å². The molecule has 1 atom stereocenters. The highest BCUT2D eigenvalue weighted by Gasteiger charge is 1.95. The van der Waals surface area contributed by atoms with E-state index in [0.29, 0.717) is 0 Å². The molecule has 0 N–H and O–H groups in total. The van der Waals surface area contributed by atoms with E-state index < -0.39 is 11.2 Å². The van der Waals surface area contributed by atoms with Crippen molar-refractivity contribution in [2.24, 2.45) is 0 Å². The minimum Gasteiger partial charge on any atom is -0.616 e. The monoisotopic (exact) mass is 244 g/mol. The van der Waals surface area contributed by atoms with Crippen LogP contribution < -0.4 is 0 Å². The summed E-state index contributed by atoms with van der Waals surface area (Å²) in [4.78, 5) is 0. The van der Waals surface area contributed by atoms with Crippen LogP contribution in [0.15, 0.2) is 12.2 Å². The molecule has 0 radical (unpaired) electrons. The van der Waals surface area contributed by atoms with Crippen LogP contribution in [0.1, 0.15) is 65.2 Å². The Morgan fingerprint density at radius 3 is 2.12 bits per heavy atom. The lowest BCUT2D eigenvalue weighted by atomic mass is 10.1. The van der Waals surface area contributed by atoms with E-state index in [2.05, 4.69) is 19.1 Å². The fourth-order valence-corrected chi connectivity index (χ4v) is 2.22. The molecule has 0 aliphatic rings. The summed E-state index contributed by atoms with van der Waals surface area (Å²) in [5.41, 5.74) is 0. The molecule has 0 amide bonds. The van der Waals surface area contributed by atoms with Crippen molar-refractivity contribution in [2.45, 2.75) is 65.2 Å². The minimum absolute atomic E-state index is 0.626. The molecule has 2 heteroatoms. The molecule has 16 heavy (non-hydrogen) atoms. The van der Waals surface area contributed by atoms with Gasteiger partial charge in [-0.1, -0.05) is 62.7 Å². The first kappa shape index (κ1) is 16.1. The van der Waals surface area contributed by atoms with Gasteiger partial charge in [0, 0.05) is 0 Å². The fourth-order valence-electron chi connectivity index (χ4n) is 1.63. The normalized spacial score (nSPS) is 13.4. The third-order valence-electron chi connectivity index (χ3n) is 2.75. The summed E-state index contributed by atoms with van der Waals surface area (Å²) in [7, 11) is 0. The molecule has 0 rings (SSSR count). The number of rotatable bonds is 11. The van der Waals surface area contributed by atoms with Gasteiger partial charge in [-0.3, -0.25) is 0 Å². The van der Waals surface area contributed by atoms with Gasteiger partial charge in [-0.15, -0.1) is 0 Å². The van der Waals surface area contributed by atoms with Gasteiger partial charge in [0.25, 0.3) is 0 Å². The van der Waals surface area contributed by atoms with Gasteiger partial charge in [-0.25, -0.2) is 0 Å². The smallest absolute Gasteiger partial charge is 0.123 e. The van der Waals surface area contributed by atoms with Crippen molar-refractivity contribution in [3.05, 3.63) is 12.2 Å². The Kier molecular flexibility index (Phi) is 13.2. The lowest BCUT2D eigenvalue weighted by molar-refractivity contribution is 0.591. The van der Waals surface area contributed by atoms with Crippen LogP contribution in [0.2, 0.25) is 0 Å². The van der Waals surface area contributed by atoms with Gasteiger partial charge in [0.1, 0.15) is 11.5 Å². The molecule has 1 unspecified atom stereocenters. The molecule has 0 fully saturated rings. The van der Waals surface area contributed by atoms with Crippen molar-refractivity contribution in [3.8, 4) is 0 Å². The Labute approximate surface area is 105 Å². The van der Waals surface area contributed by atoms with Gasteiger partial charge in [-0.2, -0.15) is 0 Å². The lowest BCUT2D eigenvalue weighted by Gasteiger charge is -2.03. The molecule has 0 bridgehead atoms. The standard InChI is InChI=1S/C14H28OS/c1-3-5-6-7-8-9-10-11-12-13-14-16(15)4-2/h12-13H,3-11,14H2,1-2H3. The molecule has 96 valence electrons. The number of hydrogen-bond donors (Lipinski definition) is 0. The summed E-state index contributed by atoms with van der Waals surface area (Å²) in [5.74, 6) is 1.52. The first-order chi connectivity index (χ1) is 7.81. The predicted molar refractivity (Wildman–Crippen MR) is 75.3 cm³/mol. The molecule has 0 aliphatic heterocycles. The highest BCUT2D eigenvalue weighted by Crippen LogP contribution is 2.08. The maximum Gasteiger partial charge on any atom is 0.123 e. The van der Waals surface area contributed by atoms with Crippen molar-refractivity contribution in [2.75, 3.05) is 11.5 Å². The molecule has 0 saturated heterocycles. The summed E-state index contributed by atoms with van der Waals surface area (Å²) in [5, 5.41) is 0. The molecule has 0 spiro atoms. The van der Waals surface area contributed by atoms with Crippen LogP contribution in [0.4, 0.5) is 0 Å². The molecular weight excluding hydrogens is 216 g/mol. The summed E-state index contributed by atoms with van der Waals surface area (Å²) in [6.45, 7) is 4.23. The van der Waals surface area contributed by atoms with Crippen LogP contribution in [0, 0.1) is 0 Å². The Bertz CT molecular complexity index is 157. The van der Waals surface area contributed by atoms with Gasteiger partial charge in [0.2, 0.25) is 0 Å². The van der Waals surface area contributed by atoms with Gasteiger partial charge in [0.15, 0.2) is 0 Å². The van der Waals surface area contributed by atoms with Crippen molar-refractivity contribution < 1.29 is 4.55 Å². The van der Waals surface area contributed by atoms with E-state index >= 15 is 0 Å². The van der Waals surface area contributed by atoms with E-state index in [1.165, 1.54) is 44.9 Å². The zero-order valence-electron chi connectivity index (χ0n) is 11.0. The first-order valence-corrected chi connectivity index (χ1v) is 8.30. The Hall–Kier alpha value is 0.0500. The van der Waals surface area contributed by atoms with Crippen LogP contribution in [0.25, 0.3) is 0 Å². The van der Waals surface area contributed by atoms with Crippen LogP contribution in [0.5, 0.6) is 0 Å². The quantitative estimate of drug-likeness (QED) is 0.299. The average molecular weight is 244 g/mol. The van der Waals surface area contributed by atoms with Crippen LogP contribution in [-0.2, 0) is 11.2 Å². The predicted octanol–water partition coefficient (Wildman–Crippen LogP) is 4.45. The number of hydrogen-bond acceptors (Lipinski definition) is 1. The second kappa shape index (κ2) is 13.1. The second-order valence-corrected chi connectivity index (χ2v) is 6.07. The second-order valence-electron chi connectivity index (χ2n) is 4.28. The van der Waals surface area contributed by atoms with Gasteiger partial charge in [-0.05, 0) is 25.8 Å². The SMILES string of the molecule is CCCCCCCCCC=CC[S+]([O-])CC. The summed E-state index contributed by atoms with van der Waals surface area (Å²) in [6.07, 6.45) is 15.0. The molecule has 0 saturated carbocycles. The summed E-state index contributed by atoms with van der Waals surface area (Å²) in [6, 6.07) is 0. The van der Waals surface area contributed by atoms with E-state index in [1.54, 1.807) is 0 Å². The first-order valence-electron chi connectivity index (χ1n) is 6.81. The van der Waals surface area contributed by atoms with Crippen LogP contribution >= 0.6 is 0 Å². The van der Waals surface area contributed by atoms with E-state index in [4.69, 9.17) is 0 Å². The Balaban J connectivity index is 3.08. The maximum atomic E-state index is 11.1. The molecule has 0 aliphatic carbocycles. The topological polar surface area (TPSA) is 23.1 Å². The fraction of sp³-hybridized carbons (Fsp3) is 0.857. The highest BCUT2D eigenvalue weighted by atomic mass is 32.2. The maximum absolute atomic E-state index is 11.1. The molecule has 0 aromatic carbocycles. The molecule has 0 heterocycles. The molecular formula is C14H28OS.